The standard InChI is InChI=1S/C21H14BrNO3/c1-25-15-9-10-17(18(22)12-15)20-23-19(21(24)26-20)11-14-7-4-6-13-5-2-3-8-16(13)14/h2-12H,1H3/b19-11-. The number of esters is 1. The van der Waals surface area contributed by atoms with Gasteiger partial charge in [0.15, 0.2) is 5.70 Å². The van der Waals surface area contributed by atoms with Crippen LogP contribution < -0.4 is 4.74 Å². The molecular weight excluding hydrogens is 394 g/mol. The van der Waals surface area contributed by atoms with Gasteiger partial charge in [0.1, 0.15) is 5.75 Å². The minimum Gasteiger partial charge on any atom is -0.497 e. The molecule has 0 unspecified atom stereocenters. The number of aliphatic imine (C=N–C) groups is 1. The second-order valence-corrected chi connectivity index (χ2v) is 6.60. The van der Waals surface area contributed by atoms with Crippen LogP contribution in [0.3, 0.4) is 0 Å². The molecule has 5 heteroatoms. The molecule has 4 nitrogen and oxygen atoms in total. The summed E-state index contributed by atoms with van der Waals surface area (Å²) in [6.07, 6.45) is 1.76. The maximum Gasteiger partial charge on any atom is 0.363 e. The van der Waals surface area contributed by atoms with Crippen LogP contribution in [-0.4, -0.2) is 19.0 Å². The lowest BCUT2D eigenvalue weighted by Gasteiger charge is -2.05. The van der Waals surface area contributed by atoms with E-state index in [-0.39, 0.29) is 11.6 Å². The maximum absolute atomic E-state index is 12.3. The third kappa shape index (κ3) is 3.02. The molecule has 0 spiro atoms. The number of ether oxygens (including phenoxy) is 2. The Kier molecular flexibility index (Phi) is 4.31. The molecule has 1 heterocycles. The fourth-order valence-corrected chi connectivity index (χ4v) is 3.37. The van der Waals surface area contributed by atoms with E-state index < -0.39 is 5.97 Å². The molecule has 0 aliphatic carbocycles. The number of rotatable bonds is 3. The van der Waals surface area contributed by atoms with Gasteiger partial charge in [-0.1, -0.05) is 42.5 Å². The molecule has 4 rings (SSSR count). The van der Waals surface area contributed by atoms with Crippen LogP contribution in [-0.2, 0) is 9.53 Å². The number of hydrogen-bond donors (Lipinski definition) is 0. The van der Waals surface area contributed by atoms with E-state index in [4.69, 9.17) is 9.47 Å². The van der Waals surface area contributed by atoms with E-state index in [1.54, 1.807) is 31.4 Å². The first-order chi connectivity index (χ1) is 12.7. The second kappa shape index (κ2) is 6.77. The number of benzene rings is 3. The summed E-state index contributed by atoms with van der Waals surface area (Å²) in [7, 11) is 1.60. The Labute approximate surface area is 158 Å². The zero-order valence-electron chi connectivity index (χ0n) is 13.9. The van der Waals surface area contributed by atoms with E-state index in [1.807, 2.05) is 42.5 Å². The highest BCUT2D eigenvalue weighted by Crippen LogP contribution is 2.28. The van der Waals surface area contributed by atoms with Gasteiger partial charge in [-0.15, -0.1) is 0 Å². The Morgan fingerprint density at radius 2 is 1.88 bits per heavy atom. The molecule has 0 atom stereocenters. The summed E-state index contributed by atoms with van der Waals surface area (Å²) in [5, 5.41) is 2.17. The fourth-order valence-electron chi connectivity index (χ4n) is 2.84. The molecule has 0 saturated heterocycles. The average molecular weight is 408 g/mol. The number of nitrogens with zero attached hydrogens (tertiary/aromatic N) is 1. The van der Waals surface area contributed by atoms with Crippen molar-refractivity contribution < 1.29 is 14.3 Å². The lowest BCUT2D eigenvalue weighted by molar-refractivity contribution is -0.129. The first kappa shape index (κ1) is 16.5. The summed E-state index contributed by atoms with van der Waals surface area (Å²) < 4.78 is 11.3. The Morgan fingerprint density at radius 3 is 2.69 bits per heavy atom. The van der Waals surface area contributed by atoms with Crippen LogP contribution in [0, 0.1) is 0 Å². The maximum atomic E-state index is 12.3. The largest absolute Gasteiger partial charge is 0.497 e. The van der Waals surface area contributed by atoms with Crippen molar-refractivity contribution in [3.05, 3.63) is 82.0 Å². The Balaban J connectivity index is 1.76. The number of methoxy groups -OCH3 is 1. The minimum atomic E-state index is -0.462. The van der Waals surface area contributed by atoms with Crippen LogP contribution in [0.25, 0.3) is 16.8 Å². The zero-order valence-corrected chi connectivity index (χ0v) is 15.5. The van der Waals surface area contributed by atoms with E-state index in [1.165, 1.54) is 0 Å². The van der Waals surface area contributed by atoms with E-state index >= 15 is 0 Å². The second-order valence-electron chi connectivity index (χ2n) is 5.75. The highest BCUT2D eigenvalue weighted by molar-refractivity contribution is 9.10. The van der Waals surface area contributed by atoms with Gasteiger partial charge >= 0.3 is 5.97 Å². The molecule has 128 valence electrons. The number of hydrogen-bond acceptors (Lipinski definition) is 4. The molecule has 0 saturated carbocycles. The highest BCUT2D eigenvalue weighted by atomic mass is 79.9. The minimum absolute atomic E-state index is 0.274. The van der Waals surface area contributed by atoms with Crippen molar-refractivity contribution in [2.45, 2.75) is 0 Å². The SMILES string of the molecule is COc1ccc(C2=N/C(=C\c3cccc4ccccc34)C(=O)O2)c(Br)c1. The van der Waals surface area contributed by atoms with E-state index in [2.05, 4.69) is 20.9 Å². The first-order valence-electron chi connectivity index (χ1n) is 8.00. The van der Waals surface area contributed by atoms with E-state index in [9.17, 15) is 4.79 Å². The lowest BCUT2D eigenvalue weighted by Crippen LogP contribution is -2.06. The topological polar surface area (TPSA) is 47.9 Å². The molecule has 0 fully saturated rings. The Hall–Kier alpha value is -2.92. The molecular formula is C21H14BrNO3. The van der Waals surface area contributed by atoms with Crippen molar-refractivity contribution in [1.82, 2.24) is 0 Å². The number of cyclic esters (lactones) is 1. The molecule has 3 aromatic carbocycles. The fraction of sp³-hybridized carbons (Fsp3) is 0.0476. The number of halogens is 1. The lowest BCUT2D eigenvalue weighted by atomic mass is 10.0. The van der Waals surface area contributed by atoms with Gasteiger partial charge in [-0.25, -0.2) is 9.79 Å². The molecule has 26 heavy (non-hydrogen) atoms. The van der Waals surface area contributed by atoms with E-state index in [0.29, 0.717) is 11.3 Å². The number of carbonyl (C=O) groups is 1. The van der Waals surface area contributed by atoms with Crippen molar-refractivity contribution in [2.75, 3.05) is 7.11 Å². The monoisotopic (exact) mass is 407 g/mol. The highest BCUT2D eigenvalue weighted by Gasteiger charge is 2.25. The summed E-state index contributed by atoms with van der Waals surface area (Å²) in [5.74, 6) is 0.517. The molecule has 3 aromatic rings. The van der Waals surface area contributed by atoms with Gasteiger partial charge in [-0.2, -0.15) is 0 Å². The molecule has 0 aromatic heterocycles. The van der Waals surface area contributed by atoms with Gasteiger partial charge in [0.25, 0.3) is 0 Å². The van der Waals surface area contributed by atoms with Crippen molar-refractivity contribution in [1.29, 1.82) is 0 Å². The quantitative estimate of drug-likeness (QED) is 0.455. The van der Waals surface area contributed by atoms with E-state index in [0.717, 1.165) is 20.8 Å². The van der Waals surface area contributed by atoms with Crippen LogP contribution in [0.15, 0.2) is 75.8 Å². The van der Waals surface area contributed by atoms with Crippen molar-refractivity contribution >= 4 is 44.6 Å². The summed E-state index contributed by atoms with van der Waals surface area (Å²) in [6.45, 7) is 0. The van der Waals surface area contributed by atoms with Crippen LogP contribution in [0.1, 0.15) is 11.1 Å². The first-order valence-corrected chi connectivity index (χ1v) is 8.79. The number of fused-ring (bicyclic) bond motifs is 1. The van der Waals surface area contributed by atoms with Crippen LogP contribution in [0.5, 0.6) is 5.75 Å². The molecule has 0 amide bonds. The molecule has 1 aliphatic rings. The van der Waals surface area contributed by atoms with Crippen molar-refractivity contribution in [3.8, 4) is 5.75 Å². The van der Waals surface area contributed by atoms with Gasteiger partial charge in [0.05, 0.1) is 12.7 Å². The third-order valence-electron chi connectivity index (χ3n) is 4.14. The zero-order chi connectivity index (χ0) is 18.1. The van der Waals surface area contributed by atoms with Gasteiger partial charge < -0.3 is 9.47 Å². The predicted molar refractivity (Wildman–Crippen MR) is 105 cm³/mol. The molecule has 1 aliphatic heterocycles. The Morgan fingerprint density at radius 1 is 1.08 bits per heavy atom. The van der Waals surface area contributed by atoms with Crippen LogP contribution in [0.2, 0.25) is 0 Å². The van der Waals surface area contributed by atoms with Gasteiger partial charge in [0.2, 0.25) is 5.90 Å². The molecule has 0 radical (unpaired) electrons. The molecule has 0 bridgehead atoms. The summed E-state index contributed by atoms with van der Waals surface area (Å²) in [5.41, 5.74) is 1.90. The van der Waals surface area contributed by atoms with Crippen molar-refractivity contribution in [3.63, 3.8) is 0 Å². The number of carbonyl (C=O) groups excluding carboxylic acids is 1. The summed E-state index contributed by atoms with van der Waals surface area (Å²) >= 11 is 3.47. The van der Waals surface area contributed by atoms with Crippen LogP contribution >= 0.6 is 15.9 Å². The summed E-state index contributed by atoms with van der Waals surface area (Å²) in [4.78, 5) is 16.7. The van der Waals surface area contributed by atoms with Crippen LogP contribution in [0.4, 0.5) is 0 Å². The van der Waals surface area contributed by atoms with Gasteiger partial charge in [-0.05, 0) is 56.5 Å². The summed E-state index contributed by atoms with van der Waals surface area (Å²) in [6, 6.07) is 19.4. The molecule has 0 N–H and O–H groups in total. The smallest absolute Gasteiger partial charge is 0.363 e. The van der Waals surface area contributed by atoms with Crippen molar-refractivity contribution in [2.24, 2.45) is 4.99 Å². The normalized spacial score (nSPS) is 15.2. The Bertz CT molecular complexity index is 1080. The third-order valence-corrected chi connectivity index (χ3v) is 4.80. The average Bonchev–Trinajstić information content (AvgIpc) is 3.02. The predicted octanol–water partition coefficient (Wildman–Crippen LogP) is 4.96. The van der Waals surface area contributed by atoms with Gasteiger partial charge in [-0.3, -0.25) is 0 Å². The van der Waals surface area contributed by atoms with Gasteiger partial charge in [0, 0.05) is 4.47 Å².